The molecule has 1 N–H and O–H groups in total. The molecule has 1 aliphatic rings. The Morgan fingerprint density at radius 3 is 2.81 bits per heavy atom. The third kappa shape index (κ3) is 4.97. The first-order valence-electron chi connectivity index (χ1n) is 8.09. The third-order valence-electron chi connectivity index (χ3n) is 4.03. The lowest BCUT2D eigenvalue weighted by Crippen LogP contribution is -2.33. The van der Waals surface area contributed by atoms with Crippen molar-refractivity contribution in [1.82, 2.24) is 10.3 Å². The largest absolute Gasteiger partial charge is 0.383 e. The van der Waals surface area contributed by atoms with Crippen molar-refractivity contribution in [3.05, 3.63) is 23.4 Å². The van der Waals surface area contributed by atoms with E-state index in [0.717, 1.165) is 31.2 Å². The van der Waals surface area contributed by atoms with Gasteiger partial charge >= 0.3 is 0 Å². The number of likely N-dealkylation sites (N-methyl/N-ethyl adjacent to an activating group) is 1. The summed E-state index contributed by atoms with van der Waals surface area (Å²) in [5.41, 5.74) is 2.53. The van der Waals surface area contributed by atoms with E-state index in [4.69, 9.17) is 9.72 Å². The Kier molecular flexibility index (Phi) is 6.00. The standard InChI is InChI=1S/C17H29N3O/c1-5-6-16-9-14(11-18-15-7-8-15)10-17(19-16)20(3)13(2)12-21-4/h9-10,13,15,18H,5-8,11-12H2,1-4H3. The predicted molar refractivity (Wildman–Crippen MR) is 87.8 cm³/mol. The second kappa shape index (κ2) is 7.76. The zero-order chi connectivity index (χ0) is 15.2. The summed E-state index contributed by atoms with van der Waals surface area (Å²) in [6.07, 6.45) is 4.81. The van der Waals surface area contributed by atoms with E-state index in [9.17, 15) is 0 Å². The molecule has 1 heterocycles. The van der Waals surface area contributed by atoms with E-state index in [2.05, 4.69) is 43.2 Å². The Labute approximate surface area is 128 Å². The second-order valence-corrected chi connectivity index (χ2v) is 6.15. The molecule has 21 heavy (non-hydrogen) atoms. The van der Waals surface area contributed by atoms with Crippen LogP contribution in [0.2, 0.25) is 0 Å². The minimum Gasteiger partial charge on any atom is -0.383 e. The van der Waals surface area contributed by atoms with Gasteiger partial charge in [0.05, 0.1) is 12.6 Å². The molecule has 0 aromatic carbocycles. The Bertz CT molecular complexity index is 446. The monoisotopic (exact) mass is 291 g/mol. The lowest BCUT2D eigenvalue weighted by atomic mass is 10.1. The summed E-state index contributed by atoms with van der Waals surface area (Å²) in [4.78, 5) is 7.02. The Morgan fingerprint density at radius 2 is 2.19 bits per heavy atom. The van der Waals surface area contributed by atoms with Crippen molar-refractivity contribution < 1.29 is 4.74 Å². The van der Waals surface area contributed by atoms with E-state index in [1.165, 1.54) is 24.1 Å². The third-order valence-corrected chi connectivity index (χ3v) is 4.03. The topological polar surface area (TPSA) is 37.4 Å². The van der Waals surface area contributed by atoms with E-state index in [1.807, 2.05) is 0 Å². The minimum atomic E-state index is 0.323. The maximum Gasteiger partial charge on any atom is 0.129 e. The molecule has 1 fully saturated rings. The normalized spacial score (nSPS) is 16.0. The maximum absolute atomic E-state index is 5.26. The van der Waals surface area contributed by atoms with Crippen LogP contribution in [0.5, 0.6) is 0 Å². The highest BCUT2D eigenvalue weighted by atomic mass is 16.5. The molecule has 1 aromatic rings. The van der Waals surface area contributed by atoms with Gasteiger partial charge in [-0.3, -0.25) is 0 Å². The van der Waals surface area contributed by atoms with Crippen molar-refractivity contribution >= 4 is 5.82 Å². The molecule has 4 nitrogen and oxygen atoms in total. The van der Waals surface area contributed by atoms with Crippen molar-refractivity contribution in [3.8, 4) is 0 Å². The summed E-state index contributed by atoms with van der Waals surface area (Å²) in [7, 11) is 3.84. The van der Waals surface area contributed by atoms with Crippen LogP contribution in [0.25, 0.3) is 0 Å². The van der Waals surface area contributed by atoms with Crippen LogP contribution in [0.3, 0.4) is 0 Å². The molecule has 1 aromatic heterocycles. The Balaban J connectivity index is 2.12. The van der Waals surface area contributed by atoms with Crippen LogP contribution in [-0.2, 0) is 17.7 Å². The number of nitrogens with zero attached hydrogens (tertiary/aromatic N) is 2. The average molecular weight is 291 g/mol. The Hall–Kier alpha value is -1.13. The molecule has 0 bridgehead atoms. The van der Waals surface area contributed by atoms with E-state index in [-0.39, 0.29) is 0 Å². The molecule has 4 heteroatoms. The molecule has 0 saturated heterocycles. The van der Waals surface area contributed by atoms with Crippen LogP contribution in [0.15, 0.2) is 12.1 Å². The van der Waals surface area contributed by atoms with Crippen LogP contribution in [0.1, 0.15) is 44.4 Å². The zero-order valence-corrected chi connectivity index (χ0v) is 13.9. The predicted octanol–water partition coefficient (Wildman–Crippen LogP) is 2.76. The molecular weight excluding hydrogens is 262 g/mol. The van der Waals surface area contributed by atoms with Crippen LogP contribution in [-0.4, -0.2) is 37.8 Å². The number of nitrogens with one attached hydrogen (secondary N) is 1. The van der Waals surface area contributed by atoms with Crippen molar-refractivity contribution in [2.45, 2.75) is 58.2 Å². The second-order valence-electron chi connectivity index (χ2n) is 6.15. The summed E-state index contributed by atoms with van der Waals surface area (Å²) < 4.78 is 5.26. The van der Waals surface area contributed by atoms with Crippen LogP contribution in [0.4, 0.5) is 5.82 Å². The number of ether oxygens (including phenoxy) is 1. The van der Waals surface area contributed by atoms with E-state index in [0.29, 0.717) is 12.6 Å². The molecule has 1 atom stereocenters. The van der Waals surface area contributed by atoms with Crippen molar-refractivity contribution in [2.24, 2.45) is 0 Å². The molecule has 1 saturated carbocycles. The first-order chi connectivity index (χ1) is 10.1. The Morgan fingerprint density at radius 1 is 1.43 bits per heavy atom. The quantitative estimate of drug-likeness (QED) is 0.759. The lowest BCUT2D eigenvalue weighted by Gasteiger charge is -2.26. The van der Waals surface area contributed by atoms with Crippen LogP contribution >= 0.6 is 0 Å². The highest BCUT2D eigenvalue weighted by Gasteiger charge is 2.20. The number of hydrogen-bond acceptors (Lipinski definition) is 4. The summed E-state index contributed by atoms with van der Waals surface area (Å²) >= 11 is 0. The fourth-order valence-corrected chi connectivity index (χ4v) is 2.43. The van der Waals surface area contributed by atoms with Gasteiger partial charge in [0, 0.05) is 32.4 Å². The molecule has 0 aliphatic heterocycles. The summed E-state index contributed by atoms with van der Waals surface area (Å²) in [6, 6.07) is 5.52. The minimum absolute atomic E-state index is 0.323. The summed E-state index contributed by atoms with van der Waals surface area (Å²) in [5, 5.41) is 3.59. The van der Waals surface area contributed by atoms with E-state index < -0.39 is 0 Å². The SMILES string of the molecule is CCCc1cc(CNC2CC2)cc(N(C)C(C)COC)n1. The molecule has 1 unspecified atom stereocenters. The first kappa shape index (κ1) is 16.2. The molecule has 2 rings (SSSR count). The van der Waals surface area contributed by atoms with Gasteiger partial charge in [-0.15, -0.1) is 0 Å². The van der Waals surface area contributed by atoms with Gasteiger partial charge in [0.2, 0.25) is 0 Å². The van der Waals surface area contributed by atoms with Crippen molar-refractivity contribution in [3.63, 3.8) is 0 Å². The molecule has 0 spiro atoms. The highest BCUT2D eigenvalue weighted by molar-refractivity contribution is 5.43. The number of aromatic nitrogens is 1. The molecule has 0 radical (unpaired) electrons. The summed E-state index contributed by atoms with van der Waals surface area (Å²) in [5.74, 6) is 1.05. The number of anilines is 1. The van der Waals surface area contributed by atoms with E-state index >= 15 is 0 Å². The molecular formula is C17H29N3O. The number of aryl methyl sites for hydroxylation is 1. The molecule has 118 valence electrons. The van der Waals surface area contributed by atoms with Crippen LogP contribution < -0.4 is 10.2 Å². The maximum atomic E-state index is 5.26. The zero-order valence-electron chi connectivity index (χ0n) is 13.9. The highest BCUT2D eigenvalue weighted by Crippen LogP contribution is 2.21. The van der Waals surface area contributed by atoms with Gasteiger partial charge < -0.3 is 15.0 Å². The fraction of sp³-hybridized carbons (Fsp3) is 0.706. The van der Waals surface area contributed by atoms with Gasteiger partial charge in [-0.2, -0.15) is 0 Å². The number of hydrogen-bond donors (Lipinski definition) is 1. The summed E-state index contributed by atoms with van der Waals surface area (Å²) in [6.45, 7) is 6.03. The van der Waals surface area contributed by atoms with Gasteiger partial charge in [-0.05, 0) is 43.9 Å². The number of methoxy groups -OCH3 is 1. The van der Waals surface area contributed by atoms with Gasteiger partial charge in [-0.25, -0.2) is 4.98 Å². The lowest BCUT2D eigenvalue weighted by molar-refractivity contribution is 0.183. The van der Waals surface area contributed by atoms with E-state index in [1.54, 1.807) is 7.11 Å². The van der Waals surface area contributed by atoms with Gasteiger partial charge in [-0.1, -0.05) is 13.3 Å². The van der Waals surface area contributed by atoms with Crippen molar-refractivity contribution in [1.29, 1.82) is 0 Å². The average Bonchev–Trinajstić information content (AvgIpc) is 3.29. The van der Waals surface area contributed by atoms with Gasteiger partial charge in [0.1, 0.15) is 5.82 Å². The van der Waals surface area contributed by atoms with Crippen molar-refractivity contribution in [2.75, 3.05) is 25.7 Å². The smallest absolute Gasteiger partial charge is 0.129 e. The first-order valence-corrected chi connectivity index (χ1v) is 8.09. The number of rotatable bonds is 9. The molecule has 1 aliphatic carbocycles. The van der Waals surface area contributed by atoms with Gasteiger partial charge in [0.15, 0.2) is 0 Å². The number of pyridine rings is 1. The fourth-order valence-electron chi connectivity index (χ4n) is 2.43. The van der Waals surface area contributed by atoms with Gasteiger partial charge in [0.25, 0.3) is 0 Å². The molecule has 0 amide bonds. The van der Waals surface area contributed by atoms with Crippen LogP contribution in [0, 0.1) is 0 Å².